The van der Waals surface area contributed by atoms with Crippen molar-refractivity contribution in [3.63, 3.8) is 0 Å². The molecule has 0 radical (unpaired) electrons. The summed E-state index contributed by atoms with van der Waals surface area (Å²) in [7, 11) is 2.00. The van der Waals surface area contributed by atoms with Crippen LogP contribution >= 0.6 is 11.5 Å². The Bertz CT molecular complexity index is 536. The molecule has 116 valence electrons. The first-order valence-electron chi connectivity index (χ1n) is 6.82. The van der Waals surface area contributed by atoms with Crippen molar-refractivity contribution in [2.75, 3.05) is 20.1 Å². The second kappa shape index (κ2) is 6.35. The predicted molar refractivity (Wildman–Crippen MR) is 79.6 cm³/mol. The molecule has 0 spiro atoms. The first-order valence-corrected chi connectivity index (χ1v) is 7.60. The van der Waals surface area contributed by atoms with Gasteiger partial charge in [-0.2, -0.15) is 0 Å². The van der Waals surface area contributed by atoms with Crippen LogP contribution in [0.4, 0.5) is 0 Å². The third kappa shape index (κ3) is 3.13. The molecule has 0 bridgehead atoms. The molecule has 0 atom stereocenters. The number of carbonyl (C=O) groups is 1. The number of likely N-dealkylation sites (tertiary alicyclic amines) is 1. The first kappa shape index (κ1) is 15.6. The molecule has 2 rings (SSSR count). The molecule has 1 fully saturated rings. The zero-order chi connectivity index (χ0) is 15.5. The van der Waals surface area contributed by atoms with Gasteiger partial charge in [-0.1, -0.05) is 16.6 Å². The van der Waals surface area contributed by atoms with Crippen LogP contribution in [0.3, 0.4) is 0 Å². The topological polar surface area (TPSA) is 117 Å². The maximum Gasteiger partial charge on any atom is 0.265 e. The molecular weight excluding hydrogens is 292 g/mol. The number of oxime groups is 1. The Labute approximate surface area is 127 Å². The number of aryl methyl sites for hydroxylation is 1. The minimum atomic E-state index is -0.812. The zero-order valence-electron chi connectivity index (χ0n) is 12.2. The summed E-state index contributed by atoms with van der Waals surface area (Å²) < 4.78 is 3.82. The number of nitrogens with two attached hydrogens (primary N) is 1. The molecule has 1 aromatic rings. The summed E-state index contributed by atoms with van der Waals surface area (Å²) in [6.07, 6.45) is 1.83. The molecule has 0 aliphatic carbocycles. The number of amides is 1. The quantitative estimate of drug-likeness (QED) is 0.313. The normalized spacial score (nSPS) is 19.4. The second-order valence-electron chi connectivity index (χ2n) is 5.23. The van der Waals surface area contributed by atoms with Crippen molar-refractivity contribution in [1.29, 1.82) is 0 Å². The van der Waals surface area contributed by atoms with Crippen LogP contribution in [0.25, 0.3) is 0 Å². The van der Waals surface area contributed by atoms with E-state index < -0.39 is 5.54 Å². The monoisotopic (exact) mass is 312 g/mol. The average Bonchev–Trinajstić information content (AvgIpc) is 2.97. The smallest absolute Gasteiger partial charge is 0.265 e. The Balaban J connectivity index is 2.22. The van der Waals surface area contributed by atoms with E-state index in [1.54, 1.807) is 0 Å². The number of aromatic nitrogens is 2. The standard InChI is InChI=1S/C12H20N6O2S/c1-3-8-9(21-17-15-8)10(19)14-12(11(13)16-20)4-6-18(2)7-5-12/h20H,3-7H2,1-2H3,(H2,13,16)(H,14,19). The third-order valence-corrected chi connectivity index (χ3v) is 4.66. The molecule has 0 saturated carbocycles. The fourth-order valence-corrected chi connectivity index (χ4v) is 3.07. The third-order valence-electron chi connectivity index (χ3n) is 3.89. The number of hydrogen-bond acceptors (Lipinski definition) is 7. The number of nitrogens with zero attached hydrogens (tertiary/aromatic N) is 4. The van der Waals surface area contributed by atoms with E-state index in [2.05, 4.69) is 25.0 Å². The van der Waals surface area contributed by atoms with Gasteiger partial charge in [-0.25, -0.2) is 0 Å². The Kier molecular flexibility index (Phi) is 4.73. The predicted octanol–water partition coefficient (Wildman–Crippen LogP) is 0.0411. The van der Waals surface area contributed by atoms with Gasteiger partial charge in [0.25, 0.3) is 5.91 Å². The van der Waals surface area contributed by atoms with Gasteiger partial charge in [0.15, 0.2) is 5.84 Å². The highest BCUT2D eigenvalue weighted by Crippen LogP contribution is 2.23. The van der Waals surface area contributed by atoms with Crippen molar-refractivity contribution in [3.8, 4) is 0 Å². The zero-order valence-corrected chi connectivity index (χ0v) is 13.0. The van der Waals surface area contributed by atoms with E-state index in [0.717, 1.165) is 24.6 Å². The molecular formula is C12H20N6O2S. The van der Waals surface area contributed by atoms with Crippen molar-refractivity contribution in [3.05, 3.63) is 10.6 Å². The van der Waals surface area contributed by atoms with Crippen LogP contribution in [0.5, 0.6) is 0 Å². The molecule has 0 aromatic carbocycles. The minimum Gasteiger partial charge on any atom is -0.409 e. The Morgan fingerprint density at radius 1 is 1.57 bits per heavy atom. The largest absolute Gasteiger partial charge is 0.409 e. The van der Waals surface area contributed by atoms with Crippen LogP contribution in [0, 0.1) is 0 Å². The van der Waals surface area contributed by atoms with E-state index in [9.17, 15) is 4.79 Å². The number of carbonyl (C=O) groups excluding carboxylic acids is 1. The summed E-state index contributed by atoms with van der Waals surface area (Å²) in [6, 6.07) is 0. The van der Waals surface area contributed by atoms with Crippen LogP contribution in [-0.2, 0) is 6.42 Å². The van der Waals surface area contributed by atoms with Crippen LogP contribution in [-0.4, -0.2) is 57.1 Å². The molecule has 21 heavy (non-hydrogen) atoms. The molecule has 2 heterocycles. The highest BCUT2D eigenvalue weighted by molar-refractivity contribution is 7.08. The molecule has 8 nitrogen and oxygen atoms in total. The maximum atomic E-state index is 12.5. The molecule has 1 aliphatic heterocycles. The van der Waals surface area contributed by atoms with Gasteiger partial charge >= 0.3 is 0 Å². The number of rotatable bonds is 4. The van der Waals surface area contributed by atoms with Crippen LogP contribution in [0.2, 0.25) is 0 Å². The Hall–Kier alpha value is -1.74. The van der Waals surface area contributed by atoms with Gasteiger partial charge in [0, 0.05) is 13.1 Å². The van der Waals surface area contributed by atoms with E-state index in [1.165, 1.54) is 0 Å². The van der Waals surface area contributed by atoms with Crippen molar-refractivity contribution in [1.82, 2.24) is 19.8 Å². The van der Waals surface area contributed by atoms with Gasteiger partial charge < -0.3 is 21.2 Å². The lowest BCUT2D eigenvalue weighted by Gasteiger charge is -2.40. The van der Waals surface area contributed by atoms with Crippen molar-refractivity contribution in [2.45, 2.75) is 31.7 Å². The number of nitrogens with one attached hydrogen (secondary N) is 1. The molecule has 1 saturated heterocycles. The lowest BCUT2D eigenvalue weighted by Crippen LogP contribution is -2.62. The van der Waals surface area contributed by atoms with Crippen molar-refractivity contribution < 1.29 is 10.0 Å². The molecule has 9 heteroatoms. The average molecular weight is 312 g/mol. The van der Waals surface area contributed by atoms with Crippen LogP contribution in [0.1, 0.15) is 35.1 Å². The van der Waals surface area contributed by atoms with Crippen LogP contribution < -0.4 is 11.1 Å². The second-order valence-corrected chi connectivity index (χ2v) is 5.98. The van der Waals surface area contributed by atoms with Crippen LogP contribution in [0.15, 0.2) is 5.16 Å². The molecule has 4 N–H and O–H groups in total. The van der Waals surface area contributed by atoms with Gasteiger partial charge in [-0.05, 0) is 37.8 Å². The minimum absolute atomic E-state index is 0.0412. The van der Waals surface area contributed by atoms with Crippen molar-refractivity contribution in [2.24, 2.45) is 10.9 Å². The summed E-state index contributed by atoms with van der Waals surface area (Å²) in [5, 5.41) is 19.0. The number of piperidine rings is 1. The summed E-state index contributed by atoms with van der Waals surface area (Å²) in [6.45, 7) is 3.44. The van der Waals surface area contributed by atoms with E-state index in [0.29, 0.717) is 29.8 Å². The van der Waals surface area contributed by atoms with E-state index >= 15 is 0 Å². The molecule has 1 amide bonds. The van der Waals surface area contributed by atoms with Gasteiger partial charge in [0.1, 0.15) is 10.4 Å². The summed E-state index contributed by atoms with van der Waals surface area (Å²) >= 11 is 1.06. The molecule has 1 aliphatic rings. The summed E-state index contributed by atoms with van der Waals surface area (Å²) in [5.41, 5.74) is 5.69. The maximum absolute atomic E-state index is 12.5. The van der Waals surface area contributed by atoms with Gasteiger partial charge in [-0.15, -0.1) is 5.10 Å². The Morgan fingerprint density at radius 2 is 2.24 bits per heavy atom. The Morgan fingerprint density at radius 3 is 2.81 bits per heavy atom. The van der Waals surface area contributed by atoms with Gasteiger partial charge in [-0.3, -0.25) is 4.79 Å². The summed E-state index contributed by atoms with van der Waals surface area (Å²) in [4.78, 5) is 15.1. The first-order chi connectivity index (χ1) is 10.0. The molecule has 1 aromatic heterocycles. The fraction of sp³-hybridized carbons (Fsp3) is 0.667. The highest BCUT2D eigenvalue weighted by atomic mass is 32.1. The lowest BCUT2D eigenvalue weighted by molar-refractivity contribution is 0.0889. The lowest BCUT2D eigenvalue weighted by atomic mass is 9.86. The molecule has 0 unspecified atom stereocenters. The van der Waals surface area contributed by atoms with E-state index in [-0.39, 0.29) is 11.7 Å². The highest BCUT2D eigenvalue weighted by Gasteiger charge is 2.40. The number of hydrogen-bond donors (Lipinski definition) is 3. The van der Waals surface area contributed by atoms with Crippen molar-refractivity contribution >= 4 is 23.3 Å². The van der Waals surface area contributed by atoms with E-state index in [4.69, 9.17) is 10.9 Å². The van der Waals surface area contributed by atoms with Gasteiger partial charge in [0.2, 0.25) is 0 Å². The fourth-order valence-electron chi connectivity index (χ4n) is 2.43. The summed E-state index contributed by atoms with van der Waals surface area (Å²) in [5.74, 6) is -0.225. The SMILES string of the molecule is CCc1nnsc1C(=O)NC1(C(N)=NO)CCN(C)CC1. The number of amidine groups is 1. The van der Waals surface area contributed by atoms with E-state index in [1.807, 2.05) is 14.0 Å². The van der Waals surface area contributed by atoms with Gasteiger partial charge in [0.05, 0.1) is 5.69 Å².